The molecule has 0 amide bonds. The highest BCUT2D eigenvalue weighted by Gasteiger charge is 2.25. The third-order valence-corrected chi connectivity index (χ3v) is 6.18. The smallest absolute Gasteiger partial charge is 0.0604 e. The van der Waals surface area contributed by atoms with Crippen molar-refractivity contribution < 1.29 is 4.21 Å². The summed E-state index contributed by atoms with van der Waals surface area (Å²) < 4.78 is 12.9. The Hall–Kier alpha value is -0.0900. The van der Waals surface area contributed by atoms with Crippen LogP contribution in [0.5, 0.6) is 0 Å². The van der Waals surface area contributed by atoms with Gasteiger partial charge in [0.25, 0.3) is 0 Å². The van der Waals surface area contributed by atoms with E-state index in [0.29, 0.717) is 10.0 Å². The van der Waals surface area contributed by atoms with Crippen LogP contribution in [-0.2, 0) is 10.8 Å². The van der Waals surface area contributed by atoms with Gasteiger partial charge < -0.3 is 5.32 Å². The first-order valence-electron chi connectivity index (χ1n) is 7.64. The molecule has 21 heavy (non-hydrogen) atoms. The van der Waals surface area contributed by atoms with Crippen LogP contribution in [0.4, 0.5) is 0 Å². The molecule has 0 aliphatic heterocycles. The van der Waals surface area contributed by atoms with Crippen molar-refractivity contribution in [2.45, 2.75) is 62.6 Å². The van der Waals surface area contributed by atoms with Crippen LogP contribution in [0.25, 0.3) is 0 Å². The molecule has 1 aromatic carbocycles. The second-order valence-corrected chi connectivity index (χ2v) is 7.66. The molecule has 1 aromatic rings. The van der Waals surface area contributed by atoms with E-state index in [0.717, 1.165) is 37.1 Å². The van der Waals surface area contributed by atoms with Gasteiger partial charge in [0.05, 0.1) is 26.1 Å². The van der Waals surface area contributed by atoms with Gasteiger partial charge in [0.1, 0.15) is 0 Å². The zero-order valence-electron chi connectivity index (χ0n) is 13.0. The summed E-state index contributed by atoms with van der Waals surface area (Å²) in [6.45, 7) is 7.36. The van der Waals surface area contributed by atoms with Crippen LogP contribution in [0.1, 0.15) is 46.5 Å². The molecule has 1 rings (SSSR count). The van der Waals surface area contributed by atoms with Crippen molar-refractivity contribution in [3.63, 3.8) is 0 Å². The standard InChI is InChI=1S/C16H25Cl2NOS/c1-4-7-15(19-10-5-2)16(6-3)21(20)12-8-9-13(17)14(18)11-12/h8-9,11,15-16,19H,4-7,10H2,1-3H3. The average molecular weight is 350 g/mol. The summed E-state index contributed by atoms with van der Waals surface area (Å²) >= 11 is 12.0. The van der Waals surface area contributed by atoms with Crippen LogP contribution < -0.4 is 5.32 Å². The average Bonchev–Trinajstić information content (AvgIpc) is 2.48. The zero-order chi connectivity index (χ0) is 15.8. The maximum absolute atomic E-state index is 12.9. The van der Waals surface area contributed by atoms with E-state index < -0.39 is 10.8 Å². The first-order valence-corrected chi connectivity index (χ1v) is 9.60. The molecular weight excluding hydrogens is 325 g/mol. The molecule has 0 aliphatic carbocycles. The molecule has 0 saturated heterocycles. The van der Waals surface area contributed by atoms with Crippen molar-refractivity contribution in [3.8, 4) is 0 Å². The lowest BCUT2D eigenvalue weighted by molar-refractivity contribution is 0.447. The summed E-state index contributed by atoms with van der Waals surface area (Å²) in [6, 6.07) is 5.54. The Kier molecular flexibility index (Phi) is 8.88. The summed E-state index contributed by atoms with van der Waals surface area (Å²) in [6.07, 6.45) is 4.06. The number of hydrogen-bond acceptors (Lipinski definition) is 2. The molecule has 0 aliphatic rings. The molecular formula is C16H25Cl2NOS. The first kappa shape index (κ1) is 19.0. The Balaban J connectivity index is 2.93. The summed E-state index contributed by atoms with van der Waals surface area (Å²) in [4.78, 5) is 0.760. The lowest BCUT2D eigenvalue weighted by atomic mass is 10.1. The lowest BCUT2D eigenvalue weighted by Crippen LogP contribution is -2.42. The molecule has 120 valence electrons. The van der Waals surface area contributed by atoms with Gasteiger partial charge in [-0.15, -0.1) is 0 Å². The fourth-order valence-electron chi connectivity index (χ4n) is 2.42. The van der Waals surface area contributed by atoms with E-state index in [9.17, 15) is 4.21 Å². The largest absolute Gasteiger partial charge is 0.313 e. The number of rotatable bonds is 9. The Morgan fingerprint density at radius 2 is 1.86 bits per heavy atom. The molecule has 5 heteroatoms. The monoisotopic (exact) mass is 349 g/mol. The van der Waals surface area contributed by atoms with Crippen molar-refractivity contribution in [2.75, 3.05) is 6.54 Å². The third kappa shape index (κ3) is 5.55. The molecule has 1 N–H and O–H groups in total. The van der Waals surface area contributed by atoms with Gasteiger partial charge in [-0.1, -0.05) is 50.4 Å². The van der Waals surface area contributed by atoms with Gasteiger partial charge in [0.2, 0.25) is 0 Å². The number of nitrogens with one attached hydrogen (secondary N) is 1. The molecule has 3 atom stereocenters. The maximum atomic E-state index is 12.9. The predicted octanol–water partition coefficient (Wildman–Crippen LogP) is 5.05. The van der Waals surface area contributed by atoms with Crippen LogP contribution in [0.2, 0.25) is 10.0 Å². The van der Waals surface area contributed by atoms with Crippen LogP contribution in [0.15, 0.2) is 23.1 Å². The summed E-state index contributed by atoms with van der Waals surface area (Å²) in [5, 5.41) is 4.60. The summed E-state index contributed by atoms with van der Waals surface area (Å²) in [7, 11) is -1.08. The number of benzene rings is 1. The fourth-order valence-corrected chi connectivity index (χ4v) is 4.40. The molecule has 0 heterocycles. The molecule has 0 aromatic heterocycles. The highest BCUT2D eigenvalue weighted by molar-refractivity contribution is 7.85. The van der Waals surface area contributed by atoms with Gasteiger partial charge in [0.15, 0.2) is 0 Å². The Labute approximate surface area is 141 Å². The minimum absolute atomic E-state index is 0.0914. The molecule has 0 bridgehead atoms. The van der Waals surface area contributed by atoms with E-state index in [-0.39, 0.29) is 11.3 Å². The topological polar surface area (TPSA) is 29.1 Å². The van der Waals surface area contributed by atoms with E-state index in [1.807, 2.05) is 6.07 Å². The van der Waals surface area contributed by atoms with Gasteiger partial charge in [0, 0.05) is 10.9 Å². The maximum Gasteiger partial charge on any atom is 0.0604 e. The Morgan fingerprint density at radius 1 is 1.14 bits per heavy atom. The first-order chi connectivity index (χ1) is 10.0. The van der Waals surface area contributed by atoms with Gasteiger partial charge in [-0.25, -0.2) is 0 Å². The van der Waals surface area contributed by atoms with Crippen molar-refractivity contribution in [2.24, 2.45) is 0 Å². The summed E-state index contributed by atoms with van der Waals surface area (Å²) in [5.74, 6) is 0. The van der Waals surface area contributed by atoms with E-state index in [1.54, 1.807) is 12.1 Å². The lowest BCUT2D eigenvalue weighted by Gasteiger charge is -2.26. The van der Waals surface area contributed by atoms with Crippen molar-refractivity contribution in [1.29, 1.82) is 0 Å². The fraction of sp³-hybridized carbons (Fsp3) is 0.625. The predicted molar refractivity (Wildman–Crippen MR) is 93.9 cm³/mol. The second kappa shape index (κ2) is 9.83. The highest BCUT2D eigenvalue weighted by atomic mass is 35.5. The minimum Gasteiger partial charge on any atom is -0.313 e. The van der Waals surface area contributed by atoms with Crippen LogP contribution in [0, 0.1) is 0 Å². The van der Waals surface area contributed by atoms with Crippen molar-refractivity contribution in [1.82, 2.24) is 5.32 Å². The molecule has 0 radical (unpaired) electrons. The van der Waals surface area contributed by atoms with Crippen molar-refractivity contribution >= 4 is 34.0 Å². The third-order valence-electron chi connectivity index (χ3n) is 3.51. The molecule has 0 saturated carbocycles. The van der Waals surface area contributed by atoms with Crippen LogP contribution >= 0.6 is 23.2 Å². The van der Waals surface area contributed by atoms with E-state index in [1.165, 1.54) is 0 Å². The molecule has 3 unspecified atom stereocenters. The second-order valence-electron chi connectivity index (χ2n) is 5.17. The summed E-state index contributed by atoms with van der Waals surface area (Å²) in [5.41, 5.74) is 0. The van der Waals surface area contributed by atoms with Crippen molar-refractivity contribution in [3.05, 3.63) is 28.2 Å². The van der Waals surface area contributed by atoms with Gasteiger partial charge in [-0.2, -0.15) is 0 Å². The SMILES string of the molecule is CCCNC(CCC)C(CC)S(=O)c1ccc(Cl)c(Cl)c1. The van der Waals surface area contributed by atoms with Gasteiger partial charge in [-0.05, 0) is 44.0 Å². The molecule has 0 fully saturated rings. The van der Waals surface area contributed by atoms with E-state index in [2.05, 4.69) is 26.1 Å². The molecule has 2 nitrogen and oxygen atoms in total. The van der Waals surface area contributed by atoms with Gasteiger partial charge >= 0.3 is 0 Å². The van der Waals surface area contributed by atoms with Crippen LogP contribution in [0.3, 0.4) is 0 Å². The normalized spacial score (nSPS) is 15.7. The number of hydrogen-bond donors (Lipinski definition) is 1. The molecule has 0 spiro atoms. The Bertz CT molecular complexity index is 468. The van der Waals surface area contributed by atoms with Gasteiger partial charge in [-0.3, -0.25) is 4.21 Å². The highest BCUT2D eigenvalue weighted by Crippen LogP contribution is 2.27. The van der Waals surface area contributed by atoms with E-state index >= 15 is 0 Å². The van der Waals surface area contributed by atoms with E-state index in [4.69, 9.17) is 23.2 Å². The zero-order valence-corrected chi connectivity index (χ0v) is 15.3. The van der Waals surface area contributed by atoms with Crippen LogP contribution in [-0.4, -0.2) is 22.0 Å². The number of halogens is 2. The Morgan fingerprint density at radius 3 is 2.38 bits per heavy atom. The minimum atomic E-state index is -1.08. The quantitative estimate of drug-likeness (QED) is 0.675.